The second-order valence-electron chi connectivity index (χ2n) is 3.53. The summed E-state index contributed by atoms with van der Waals surface area (Å²) in [6.07, 6.45) is 0.546. The first-order valence-corrected chi connectivity index (χ1v) is 5.62. The van der Waals surface area contributed by atoms with Gasteiger partial charge in [0.25, 0.3) is 0 Å². The third-order valence-corrected chi connectivity index (χ3v) is 2.82. The Bertz CT molecular complexity index is 561. The van der Waals surface area contributed by atoms with Gasteiger partial charge in [0.05, 0.1) is 5.56 Å². The Morgan fingerprint density at radius 2 is 1.82 bits per heavy atom. The molecule has 0 spiro atoms. The van der Waals surface area contributed by atoms with E-state index in [2.05, 4.69) is 9.97 Å². The van der Waals surface area contributed by atoms with Gasteiger partial charge in [-0.05, 0) is 13.0 Å². The van der Waals surface area contributed by atoms with Gasteiger partial charge < -0.3 is 0 Å². The monoisotopic (exact) mass is 266 g/mol. The van der Waals surface area contributed by atoms with Crippen molar-refractivity contribution in [2.45, 2.75) is 6.92 Å². The molecule has 2 aromatic rings. The van der Waals surface area contributed by atoms with Crippen molar-refractivity contribution in [3.8, 4) is 11.4 Å². The largest absolute Gasteiger partial charge is 0.298 e. The second-order valence-corrected chi connectivity index (χ2v) is 4.25. The van der Waals surface area contributed by atoms with Crippen LogP contribution in [-0.2, 0) is 0 Å². The van der Waals surface area contributed by atoms with Gasteiger partial charge in [0, 0.05) is 5.56 Å². The van der Waals surface area contributed by atoms with Gasteiger partial charge in [-0.3, -0.25) is 4.79 Å². The Kier molecular flexibility index (Phi) is 3.41. The van der Waals surface area contributed by atoms with Gasteiger partial charge >= 0.3 is 0 Å². The number of carbonyl (C=O) groups excluding carboxylic acids is 1. The third kappa shape index (κ3) is 2.46. The Morgan fingerprint density at radius 3 is 2.35 bits per heavy atom. The molecule has 3 nitrogen and oxygen atoms in total. The lowest BCUT2D eigenvalue weighted by Crippen LogP contribution is -1.96. The summed E-state index contributed by atoms with van der Waals surface area (Å²) in [7, 11) is 0. The molecule has 0 saturated carbocycles. The van der Waals surface area contributed by atoms with Crippen LogP contribution in [0, 0.1) is 6.92 Å². The summed E-state index contributed by atoms with van der Waals surface area (Å²) in [4.78, 5) is 18.8. The van der Waals surface area contributed by atoms with Crippen molar-refractivity contribution >= 4 is 29.5 Å². The first-order valence-electron chi connectivity index (χ1n) is 4.87. The van der Waals surface area contributed by atoms with Crippen molar-refractivity contribution in [1.82, 2.24) is 9.97 Å². The molecule has 1 heterocycles. The predicted octanol–water partition coefficient (Wildman–Crippen LogP) is 3.57. The van der Waals surface area contributed by atoms with Crippen LogP contribution in [0.5, 0.6) is 0 Å². The topological polar surface area (TPSA) is 42.9 Å². The van der Waals surface area contributed by atoms with Crippen molar-refractivity contribution in [3.63, 3.8) is 0 Å². The lowest BCUT2D eigenvalue weighted by Gasteiger charge is -2.04. The number of hydrogen-bond donors (Lipinski definition) is 0. The van der Waals surface area contributed by atoms with Crippen molar-refractivity contribution in [1.29, 1.82) is 0 Å². The quantitative estimate of drug-likeness (QED) is 0.617. The summed E-state index contributed by atoms with van der Waals surface area (Å²) in [5.41, 5.74) is 2.01. The van der Waals surface area contributed by atoms with Crippen LogP contribution in [0.4, 0.5) is 0 Å². The van der Waals surface area contributed by atoms with Crippen LogP contribution < -0.4 is 0 Å². The highest BCUT2D eigenvalue weighted by molar-refractivity contribution is 6.37. The van der Waals surface area contributed by atoms with Crippen molar-refractivity contribution in [2.75, 3.05) is 0 Å². The Hall–Kier alpha value is -1.45. The minimum atomic E-state index is 0.0662. The van der Waals surface area contributed by atoms with E-state index < -0.39 is 0 Å². The molecule has 0 saturated heterocycles. The van der Waals surface area contributed by atoms with E-state index in [0.29, 0.717) is 12.1 Å². The van der Waals surface area contributed by atoms with E-state index in [1.807, 2.05) is 31.2 Å². The molecule has 0 N–H and O–H groups in total. The maximum Gasteiger partial charge on any atom is 0.162 e. The van der Waals surface area contributed by atoms with E-state index >= 15 is 0 Å². The lowest BCUT2D eigenvalue weighted by molar-refractivity contribution is 0.112. The van der Waals surface area contributed by atoms with E-state index in [4.69, 9.17) is 23.2 Å². The molecule has 0 radical (unpaired) electrons. The summed E-state index contributed by atoms with van der Waals surface area (Å²) in [6, 6.07) is 7.63. The zero-order chi connectivity index (χ0) is 12.4. The average Bonchev–Trinajstić information content (AvgIpc) is 2.28. The molecule has 0 aliphatic heterocycles. The molecule has 1 aromatic carbocycles. The number of aldehydes is 1. The standard InChI is InChI=1S/C12H8Cl2N2O/c1-7-3-2-4-8(5-7)12-15-10(13)9(6-17)11(14)16-12/h2-6H,1H3. The molecule has 17 heavy (non-hydrogen) atoms. The Morgan fingerprint density at radius 1 is 1.18 bits per heavy atom. The van der Waals surface area contributed by atoms with Gasteiger partial charge in [0.2, 0.25) is 0 Å². The van der Waals surface area contributed by atoms with Gasteiger partial charge in [0.1, 0.15) is 10.3 Å². The van der Waals surface area contributed by atoms with E-state index in [0.717, 1.165) is 11.1 Å². The highest BCUT2D eigenvalue weighted by Crippen LogP contribution is 2.24. The zero-order valence-electron chi connectivity index (χ0n) is 8.95. The molecule has 0 unspecified atom stereocenters. The smallest absolute Gasteiger partial charge is 0.162 e. The lowest BCUT2D eigenvalue weighted by atomic mass is 10.1. The van der Waals surface area contributed by atoms with Crippen LogP contribution in [0.2, 0.25) is 10.3 Å². The summed E-state index contributed by atoms with van der Waals surface area (Å²) in [5.74, 6) is 0.411. The van der Waals surface area contributed by atoms with E-state index in [-0.39, 0.29) is 15.9 Å². The predicted molar refractivity (Wildman–Crippen MR) is 67.6 cm³/mol. The van der Waals surface area contributed by atoms with Crippen molar-refractivity contribution in [3.05, 3.63) is 45.7 Å². The molecule has 0 aliphatic rings. The molecule has 0 bridgehead atoms. The summed E-state index contributed by atoms with van der Waals surface area (Å²) < 4.78 is 0. The number of nitrogens with zero attached hydrogens (tertiary/aromatic N) is 2. The van der Waals surface area contributed by atoms with Crippen LogP contribution in [0.1, 0.15) is 15.9 Å². The maximum atomic E-state index is 10.7. The first-order chi connectivity index (χ1) is 8.11. The van der Waals surface area contributed by atoms with Gasteiger partial charge in [-0.2, -0.15) is 0 Å². The molecule has 86 valence electrons. The highest BCUT2D eigenvalue weighted by Gasteiger charge is 2.11. The number of hydrogen-bond acceptors (Lipinski definition) is 3. The molecule has 5 heteroatoms. The molecule has 2 rings (SSSR count). The van der Waals surface area contributed by atoms with Gasteiger partial charge in [-0.25, -0.2) is 9.97 Å². The number of benzene rings is 1. The van der Waals surface area contributed by atoms with Crippen LogP contribution in [0.15, 0.2) is 24.3 Å². The molecule has 0 aliphatic carbocycles. The molecule has 1 aromatic heterocycles. The van der Waals surface area contributed by atoms with Gasteiger partial charge in [-0.15, -0.1) is 0 Å². The van der Waals surface area contributed by atoms with Gasteiger partial charge in [0.15, 0.2) is 12.1 Å². The minimum Gasteiger partial charge on any atom is -0.298 e. The van der Waals surface area contributed by atoms with Crippen LogP contribution in [0.3, 0.4) is 0 Å². The third-order valence-electron chi connectivity index (χ3n) is 2.25. The molecule has 0 atom stereocenters. The summed E-state index contributed by atoms with van der Waals surface area (Å²) in [6.45, 7) is 1.96. The van der Waals surface area contributed by atoms with Crippen LogP contribution in [-0.4, -0.2) is 16.3 Å². The number of carbonyl (C=O) groups is 1. The first kappa shape index (κ1) is 12.0. The summed E-state index contributed by atoms with van der Waals surface area (Å²) in [5, 5.41) is 0.132. The SMILES string of the molecule is Cc1cccc(-c2nc(Cl)c(C=O)c(Cl)n2)c1. The zero-order valence-corrected chi connectivity index (χ0v) is 10.5. The van der Waals surface area contributed by atoms with Gasteiger partial charge in [-0.1, -0.05) is 47.0 Å². The average molecular weight is 267 g/mol. The highest BCUT2D eigenvalue weighted by atomic mass is 35.5. The molecular formula is C12H8Cl2N2O. The summed E-state index contributed by atoms with van der Waals surface area (Å²) >= 11 is 11.7. The fourth-order valence-electron chi connectivity index (χ4n) is 1.43. The number of aromatic nitrogens is 2. The maximum absolute atomic E-state index is 10.7. The fraction of sp³-hybridized carbons (Fsp3) is 0.0833. The number of aryl methyl sites for hydroxylation is 1. The molecule has 0 amide bonds. The van der Waals surface area contributed by atoms with E-state index in [1.165, 1.54) is 0 Å². The normalized spacial score (nSPS) is 10.3. The molecule has 0 fully saturated rings. The van der Waals surface area contributed by atoms with Crippen LogP contribution in [0.25, 0.3) is 11.4 Å². The number of halogens is 2. The van der Waals surface area contributed by atoms with Crippen LogP contribution >= 0.6 is 23.2 Å². The second kappa shape index (κ2) is 4.82. The van der Waals surface area contributed by atoms with E-state index in [9.17, 15) is 4.79 Å². The number of rotatable bonds is 2. The fourth-order valence-corrected chi connectivity index (χ4v) is 1.90. The van der Waals surface area contributed by atoms with Crippen molar-refractivity contribution < 1.29 is 4.79 Å². The Labute approximate surface area is 108 Å². The molecular weight excluding hydrogens is 259 g/mol. The Balaban J connectivity index is 2.58. The van der Waals surface area contributed by atoms with E-state index in [1.54, 1.807) is 0 Å². The van der Waals surface area contributed by atoms with Crippen molar-refractivity contribution in [2.24, 2.45) is 0 Å². The minimum absolute atomic E-state index is 0.0662.